The summed E-state index contributed by atoms with van der Waals surface area (Å²) in [7, 11) is 0. The van der Waals surface area contributed by atoms with Crippen LogP contribution >= 0.6 is 0 Å². The van der Waals surface area contributed by atoms with Crippen molar-refractivity contribution in [1.29, 1.82) is 0 Å². The van der Waals surface area contributed by atoms with Crippen molar-refractivity contribution in [3.8, 4) is 0 Å². The summed E-state index contributed by atoms with van der Waals surface area (Å²) in [5.41, 5.74) is 0.662. The third-order valence-corrected chi connectivity index (χ3v) is 0.594. The molecular weight excluding hydrogens is 131 g/mol. The number of carbonyl (C=O) groups excluding carboxylic acids is 1. The smallest absolute Gasteiger partial charge is 0 e. The maximum absolute atomic E-state index is 9.54. The molecule has 0 amide bonds. The molecule has 0 spiro atoms. The van der Waals surface area contributed by atoms with Crippen LogP contribution in [0.25, 0.3) is 0 Å². The van der Waals surface area contributed by atoms with Crippen LogP contribution in [0.5, 0.6) is 0 Å². The summed E-state index contributed by atoms with van der Waals surface area (Å²) >= 11 is 0. The Hall–Kier alpha value is -0.0705. The topological polar surface area (TPSA) is 17.1 Å². The molecule has 0 N–H and O–H groups in total. The predicted octanol–water partition coefficient (Wildman–Crippen LogP) is 1.06. The SMILES string of the molecule is C/C=C(\C)[C-]=O.[Mn]. The van der Waals surface area contributed by atoms with E-state index in [-0.39, 0.29) is 17.1 Å². The van der Waals surface area contributed by atoms with Crippen molar-refractivity contribution in [3.05, 3.63) is 11.6 Å². The molecule has 0 aliphatic rings. The van der Waals surface area contributed by atoms with Gasteiger partial charge in [0.1, 0.15) is 0 Å². The molecule has 0 heterocycles. The van der Waals surface area contributed by atoms with Crippen molar-refractivity contribution in [1.82, 2.24) is 0 Å². The average molecular weight is 138 g/mol. The molecule has 1 nitrogen and oxygen atoms in total. The summed E-state index contributed by atoms with van der Waals surface area (Å²) in [5, 5.41) is 0. The monoisotopic (exact) mass is 138 g/mol. The van der Waals surface area contributed by atoms with Crippen molar-refractivity contribution in [2.45, 2.75) is 13.8 Å². The molecule has 7 heavy (non-hydrogen) atoms. The normalized spacial score (nSPS) is 9.71. The van der Waals surface area contributed by atoms with Crippen LogP contribution in [0.15, 0.2) is 11.6 Å². The molecule has 0 aliphatic carbocycles. The first kappa shape index (κ1) is 10.0. The second kappa shape index (κ2) is 5.93. The van der Waals surface area contributed by atoms with E-state index < -0.39 is 0 Å². The van der Waals surface area contributed by atoms with Gasteiger partial charge in [0.05, 0.1) is 0 Å². The van der Waals surface area contributed by atoms with Crippen molar-refractivity contribution < 1.29 is 21.9 Å². The Morgan fingerprint density at radius 2 is 2.14 bits per heavy atom. The van der Waals surface area contributed by atoms with E-state index in [2.05, 4.69) is 0 Å². The summed E-state index contributed by atoms with van der Waals surface area (Å²) in [6.45, 7) is 3.52. The third-order valence-electron chi connectivity index (χ3n) is 0.594. The van der Waals surface area contributed by atoms with Crippen molar-refractivity contribution in [2.75, 3.05) is 0 Å². The van der Waals surface area contributed by atoms with Crippen LogP contribution in [0, 0.1) is 0 Å². The van der Waals surface area contributed by atoms with Gasteiger partial charge in [-0.3, -0.25) is 0 Å². The molecule has 0 aromatic carbocycles. The minimum atomic E-state index is 0. The van der Waals surface area contributed by atoms with Gasteiger partial charge in [-0.1, -0.05) is 6.92 Å². The fourth-order valence-electron chi connectivity index (χ4n) is 0.0589. The predicted molar refractivity (Wildman–Crippen MR) is 25.1 cm³/mol. The van der Waals surface area contributed by atoms with Gasteiger partial charge in [-0.25, -0.2) is 6.08 Å². The number of hydrogen-bond acceptors (Lipinski definition) is 1. The van der Waals surface area contributed by atoms with Gasteiger partial charge >= 0.3 is 0 Å². The van der Waals surface area contributed by atoms with Crippen molar-refractivity contribution in [3.63, 3.8) is 0 Å². The molecule has 0 saturated heterocycles. The summed E-state index contributed by atoms with van der Waals surface area (Å²) in [6.07, 6.45) is 3.44. The molecule has 0 aromatic heterocycles. The maximum Gasteiger partial charge on any atom is 0 e. The standard InChI is InChI=1S/C5H7O.Mn/c1-3-5(2)4-6;/h3H,1-2H3;/q-1;/b5-3+;. The second-order valence-electron chi connectivity index (χ2n) is 1.07. The zero-order chi connectivity index (χ0) is 4.99. The molecule has 0 rings (SSSR count). The van der Waals surface area contributed by atoms with Gasteiger partial charge < -0.3 is 4.79 Å². The number of rotatable bonds is 1. The Bertz CT molecular complexity index is 76.1. The van der Waals surface area contributed by atoms with Crippen molar-refractivity contribution >= 4 is 6.29 Å². The molecule has 2 heteroatoms. The van der Waals surface area contributed by atoms with Crippen LogP contribution < -0.4 is 0 Å². The minimum Gasteiger partial charge on any atom is -0.419 e. The average Bonchev–Trinajstić information content (AvgIpc) is 1.65. The molecule has 41 valence electrons. The molecule has 0 fully saturated rings. The minimum absolute atomic E-state index is 0. The number of hydrogen-bond donors (Lipinski definition) is 0. The molecule has 0 bridgehead atoms. The van der Waals surface area contributed by atoms with Gasteiger partial charge in [0.25, 0.3) is 0 Å². The first-order chi connectivity index (χ1) is 2.81. The van der Waals surface area contributed by atoms with Crippen LogP contribution in [0.1, 0.15) is 13.8 Å². The van der Waals surface area contributed by atoms with Gasteiger partial charge in [0, 0.05) is 17.1 Å². The summed E-state index contributed by atoms with van der Waals surface area (Å²) in [5.74, 6) is 0. The van der Waals surface area contributed by atoms with Crippen LogP contribution in [0.2, 0.25) is 0 Å². The molecule has 0 saturated carbocycles. The first-order valence-corrected chi connectivity index (χ1v) is 1.82. The maximum atomic E-state index is 9.54. The van der Waals surface area contributed by atoms with E-state index in [0.29, 0.717) is 5.57 Å². The Balaban J connectivity index is 0. The van der Waals surface area contributed by atoms with Gasteiger partial charge in [-0.2, -0.15) is 5.57 Å². The van der Waals surface area contributed by atoms with Crippen LogP contribution in [0.3, 0.4) is 0 Å². The Kier molecular flexibility index (Phi) is 8.49. The van der Waals surface area contributed by atoms with Gasteiger partial charge in [-0.05, 0) is 6.29 Å². The Labute approximate surface area is 54.3 Å². The number of allylic oxidation sites excluding steroid dienone is 2. The van der Waals surface area contributed by atoms with E-state index in [1.54, 1.807) is 26.2 Å². The molecule has 1 radical (unpaired) electrons. The van der Waals surface area contributed by atoms with Crippen LogP contribution in [0.4, 0.5) is 0 Å². The first-order valence-electron chi connectivity index (χ1n) is 1.82. The third kappa shape index (κ3) is 5.93. The van der Waals surface area contributed by atoms with Crippen molar-refractivity contribution in [2.24, 2.45) is 0 Å². The Morgan fingerprint density at radius 1 is 1.71 bits per heavy atom. The zero-order valence-corrected chi connectivity index (χ0v) is 5.54. The fraction of sp³-hybridized carbons (Fsp3) is 0.400. The molecule has 0 aliphatic heterocycles. The quantitative estimate of drug-likeness (QED) is 0.301. The Morgan fingerprint density at radius 3 is 2.14 bits per heavy atom. The second-order valence-corrected chi connectivity index (χ2v) is 1.07. The van der Waals surface area contributed by atoms with E-state index in [1.807, 2.05) is 0 Å². The zero-order valence-electron chi connectivity index (χ0n) is 4.36. The summed E-state index contributed by atoms with van der Waals surface area (Å²) in [4.78, 5) is 9.54. The van der Waals surface area contributed by atoms with E-state index >= 15 is 0 Å². The summed E-state index contributed by atoms with van der Waals surface area (Å²) < 4.78 is 0. The van der Waals surface area contributed by atoms with E-state index in [1.165, 1.54) is 0 Å². The van der Waals surface area contributed by atoms with E-state index in [0.717, 1.165) is 0 Å². The van der Waals surface area contributed by atoms with Gasteiger partial charge in [-0.15, -0.1) is 6.92 Å². The largest absolute Gasteiger partial charge is 0.419 e. The van der Waals surface area contributed by atoms with Crippen LogP contribution in [-0.4, -0.2) is 6.29 Å². The molecular formula is C5H7MnO-. The molecule has 0 atom stereocenters. The summed E-state index contributed by atoms with van der Waals surface area (Å²) in [6, 6.07) is 0. The van der Waals surface area contributed by atoms with E-state index in [9.17, 15) is 4.79 Å². The fourth-order valence-corrected chi connectivity index (χ4v) is 0.0589. The molecule has 0 aromatic rings. The van der Waals surface area contributed by atoms with Gasteiger partial charge in [0.15, 0.2) is 0 Å². The van der Waals surface area contributed by atoms with E-state index in [4.69, 9.17) is 0 Å². The molecule has 0 unspecified atom stereocenters. The van der Waals surface area contributed by atoms with Gasteiger partial charge in [0.2, 0.25) is 0 Å². The van der Waals surface area contributed by atoms with Crippen LogP contribution in [-0.2, 0) is 21.9 Å².